The smallest absolute Gasteiger partial charge is 0.267 e. The van der Waals surface area contributed by atoms with Crippen LogP contribution in [0.25, 0.3) is 5.83 Å². The molecule has 8 nitrogen and oxygen atoms in total. The van der Waals surface area contributed by atoms with Gasteiger partial charge in [0.15, 0.2) is 0 Å². The van der Waals surface area contributed by atoms with Crippen molar-refractivity contribution in [2.24, 2.45) is 0 Å². The summed E-state index contributed by atoms with van der Waals surface area (Å²) in [6, 6.07) is 2.98. The molecule has 1 amide bonds. The lowest BCUT2D eigenvalue weighted by molar-refractivity contribution is -0.385. The third-order valence-corrected chi connectivity index (χ3v) is 6.48. The van der Waals surface area contributed by atoms with Crippen LogP contribution in [0.2, 0.25) is 15.1 Å². The average Bonchev–Trinajstić information content (AvgIpc) is 2.88. The molecule has 1 heterocycles. The number of hydrazine groups is 1. The van der Waals surface area contributed by atoms with Gasteiger partial charge in [0, 0.05) is 12.6 Å². The van der Waals surface area contributed by atoms with Gasteiger partial charge in [-0.2, -0.15) is 26.3 Å². The minimum Gasteiger partial charge on any atom is -0.267 e. The van der Waals surface area contributed by atoms with E-state index in [1.807, 2.05) is 5.43 Å². The number of hydrogen-bond acceptors (Lipinski definition) is 6. The molecule has 1 atom stereocenters. The molecule has 1 aromatic heterocycles. The maximum atomic E-state index is 15.0. The highest BCUT2D eigenvalue weighted by atomic mass is 35.5. The van der Waals surface area contributed by atoms with Gasteiger partial charge in [-0.15, -0.1) is 0 Å². The van der Waals surface area contributed by atoms with Crippen molar-refractivity contribution in [2.75, 3.05) is 12.1 Å². The maximum absolute atomic E-state index is 15.0. The predicted octanol–water partition coefficient (Wildman–Crippen LogP) is 7.80. The second-order valence-electron chi connectivity index (χ2n) is 8.09. The lowest BCUT2D eigenvalue weighted by Crippen LogP contribution is -2.41. The first-order chi connectivity index (χ1) is 18.9. The maximum Gasteiger partial charge on any atom is 0.417 e. The number of benzene rings is 2. The van der Waals surface area contributed by atoms with Crippen LogP contribution in [0, 0.1) is 10.1 Å². The molecule has 0 fully saturated rings. The van der Waals surface area contributed by atoms with Crippen LogP contribution in [0.1, 0.15) is 33.0 Å². The van der Waals surface area contributed by atoms with Crippen LogP contribution >= 0.6 is 34.8 Å². The Kier molecular flexibility index (Phi) is 9.35. The van der Waals surface area contributed by atoms with Crippen LogP contribution in [0.5, 0.6) is 0 Å². The van der Waals surface area contributed by atoms with Gasteiger partial charge in [0.25, 0.3) is 5.91 Å². The zero-order valence-electron chi connectivity index (χ0n) is 20.0. The summed E-state index contributed by atoms with van der Waals surface area (Å²) >= 11 is 17.3. The highest BCUT2D eigenvalue weighted by Crippen LogP contribution is 2.42. The van der Waals surface area contributed by atoms with Crippen LogP contribution in [0.15, 0.2) is 48.8 Å². The molecule has 0 saturated carbocycles. The van der Waals surface area contributed by atoms with E-state index in [1.165, 1.54) is 0 Å². The molecule has 0 saturated heterocycles. The summed E-state index contributed by atoms with van der Waals surface area (Å²) in [4.78, 5) is 29.7. The molecule has 0 bridgehead atoms. The number of rotatable bonds is 7. The van der Waals surface area contributed by atoms with Crippen LogP contribution in [0.4, 0.5) is 42.4 Å². The van der Waals surface area contributed by atoms with Crippen LogP contribution < -0.4 is 10.4 Å². The van der Waals surface area contributed by atoms with Gasteiger partial charge in [-0.3, -0.25) is 25.3 Å². The summed E-state index contributed by atoms with van der Waals surface area (Å²) in [6.45, 7) is 0. The molecule has 0 aliphatic rings. The number of hydrogen-bond donors (Lipinski definition) is 1. The summed E-state index contributed by atoms with van der Waals surface area (Å²) < 4.78 is 97.9. The Morgan fingerprint density at radius 1 is 1.05 bits per heavy atom. The summed E-state index contributed by atoms with van der Waals surface area (Å²) in [7, 11) is 1.12. The van der Waals surface area contributed by atoms with Gasteiger partial charge < -0.3 is 0 Å². The molecule has 2 aromatic carbocycles. The zero-order chi connectivity index (χ0) is 30.9. The Balaban J connectivity index is 1.98. The van der Waals surface area contributed by atoms with E-state index in [4.69, 9.17) is 34.8 Å². The lowest BCUT2D eigenvalue weighted by atomic mass is 9.95. The van der Waals surface area contributed by atoms with Crippen molar-refractivity contribution in [3.8, 4) is 0 Å². The number of nitrogens with one attached hydrogen (secondary N) is 1. The second-order valence-corrected chi connectivity index (χ2v) is 9.28. The molecule has 3 rings (SSSR count). The van der Waals surface area contributed by atoms with Crippen molar-refractivity contribution in [3.05, 3.63) is 96.2 Å². The van der Waals surface area contributed by atoms with Gasteiger partial charge in [0.2, 0.25) is 5.95 Å². The highest BCUT2D eigenvalue weighted by Gasteiger charge is 2.41. The lowest BCUT2D eigenvalue weighted by Gasteiger charge is -2.20. The van der Waals surface area contributed by atoms with Gasteiger partial charge in [0.1, 0.15) is 24.1 Å². The number of carbonyl (C=O) groups excluding carboxylic acids is 1. The van der Waals surface area contributed by atoms with E-state index < -0.39 is 62.9 Å². The first-order valence-electron chi connectivity index (χ1n) is 10.7. The van der Waals surface area contributed by atoms with Crippen LogP contribution in [-0.2, 0) is 6.18 Å². The minimum atomic E-state index is -5.24. The SMILES string of the molecule is CN(NC(=O)c1ccc(/C(F)=C/C(c2cc(Cl)c(Cl)c(Cl)c2)C(F)(F)F)cc1C(F)(F)F)c1ncc([N+](=O)[O-])cn1. The average molecular weight is 647 g/mol. The number of carbonyl (C=O) groups is 1. The normalized spacial score (nSPS) is 13.1. The molecule has 1 N–H and O–H groups in total. The summed E-state index contributed by atoms with van der Waals surface area (Å²) in [5, 5.41) is 10.5. The van der Waals surface area contributed by atoms with E-state index in [0.29, 0.717) is 12.1 Å². The molecule has 18 heteroatoms. The van der Waals surface area contributed by atoms with E-state index in [-0.39, 0.29) is 33.2 Å². The van der Waals surface area contributed by atoms with Gasteiger partial charge in [-0.25, -0.2) is 14.4 Å². The Labute approximate surface area is 240 Å². The molecule has 0 radical (unpaired) electrons. The predicted molar refractivity (Wildman–Crippen MR) is 135 cm³/mol. The number of halogens is 10. The van der Waals surface area contributed by atoms with Crippen LogP contribution in [0.3, 0.4) is 0 Å². The van der Waals surface area contributed by atoms with Gasteiger partial charge in [-0.05, 0) is 35.9 Å². The summed E-state index contributed by atoms with van der Waals surface area (Å²) in [5.74, 6) is -6.08. The second kappa shape index (κ2) is 12.0. The van der Waals surface area contributed by atoms with Crippen molar-refractivity contribution in [3.63, 3.8) is 0 Å². The number of aromatic nitrogens is 2. The van der Waals surface area contributed by atoms with Crippen LogP contribution in [-0.4, -0.2) is 34.0 Å². The fraction of sp³-hybridized carbons (Fsp3) is 0.174. The summed E-state index contributed by atoms with van der Waals surface area (Å²) in [6.07, 6.45) is -8.75. The Morgan fingerprint density at radius 3 is 2.10 bits per heavy atom. The molecule has 218 valence electrons. The van der Waals surface area contributed by atoms with E-state index in [2.05, 4.69) is 9.97 Å². The molecule has 41 heavy (non-hydrogen) atoms. The number of anilines is 1. The van der Waals surface area contributed by atoms with Gasteiger partial charge in [0.05, 0.1) is 31.1 Å². The van der Waals surface area contributed by atoms with Gasteiger partial charge in [-0.1, -0.05) is 40.9 Å². The van der Waals surface area contributed by atoms with Crippen molar-refractivity contribution in [2.45, 2.75) is 18.3 Å². The Morgan fingerprint density at radius 2 is 1.61 bits per heavy atom. The first kappa shape index (κ1) is 31.8. The molecular formula is C23H13Cl3F7N5O3. The van der Waals surface area contributed by atoms with E-state index in [1.54, 1.807) is 0 Å². The van der Waals surface area contributed by atoms with E-state index >= 15 is 4.39 Å². The molecule has 0 aliphatic carbocycles. The molecule has 1 unspecified atom stereocenters. The molecule has 0 spiro atoms. The summed E-state index contributed by atoms with van der Waals surface area (Å²) in [5.41, 5.74) is -2.71. The van der Waals surface area contributed by atoms with E-state index in [0.717, 1.165) is 36.6 Å². The fourth-order valence-electron chi connectivity index (χ4n) is 3.35. The number of allylic oxidation sites excluding steroid dienone is 1. The van der Waals surface area contributed by atoms with Crippen molar-refractivity contribution >= 4 is 58.2 Å². The largest absolute Gasteiger partial charge is 0.417 e. The molecule has 3 aromatic rings. The third kappa shape index (κ3) is 7.54. The van der Waals surface area contributed by atoms with Crippen molar-refractivity contribution in [1.29, 1.82) is 0 Å². The quantitative estimate of drug-likeness (QED) is 0.122. The molecule has 0 aliphatic heterocycles. The van der Waals surface area contributed by atoms with E-state index in [9.17, 15) is 41.3 Å². The Bertz CT molecular complexity index is 1490. The number of alkyl halides is 6. The number of nitro groups is 1. The zero-order valence-corrected chi connectivity index (χ0v) is 22.3. The highest BCUT2D eigenvalue weighted by molar-refractivity contribution is 6.48. The van der Waals surface area contributed by atoms with Crippen molar-refractivity contribution in [1.82, 2.24) is 15.4 Å². The third-order valence-electron chi connectivity index (χ3n) is 5.28. The molecular weight excluding hydrogens is 634 g/mol. The Hall–Kier alpha value is -3.69. The topological polar surface area (TPSA) is 101 Å². The first-order valence-corrected chi connectivity index (χ1v) is 11.8. The minimum absolute atomic E-state index is 0.0326. The van der Waals surface area contributed by atoms with Crippen molar-refractivity contribution < 1.29 is 40.5 Å². The fourth-order valence-corrected chi connectivity index (χ4v) is 3.96. The monoisotopic (exact) mass is 645 g/mol. The number of amides is 1. The van der Waals surface area contributed by atoms with Gasteiger partial charge >= 0.3 is 18.0 Å². The standard InChI is InChI=1S/C23H13Cl3F7N5O3/c1-37(21-34-8-12(9-35-21)38(40)41)36-20(39)13-3-2-10(4-15(13)23(31,32)33)18(27)7-14(22(28,29)30)11-5-16(24)19(26)17(25)6-11/h2-9,14H,1H3,(H,36,39)/b18-7-. The number of nitrogens with zero attached hydrogens (tertiary/aromatic N) is 4.